The van der Waals surface area contributed by atoms with Crippen molar-refractivity contribution in [2.45, 2.75) is 6.54 Å². The number of hydrogen-bond donors (Lipinski definition) is 1. The molecule has 0 bridgehead atoms. The normalized spacial score (nSPS) is 10.7. The van der Waals surface area contributed by atoms with Crippen molar-refractivity contribution in [3.8, 4) is 0 Å². The summed E-state index contributed by atoms with van der Waals surface area (Å²) in [7, 11) is 0. The minimum absolute atomic E-state index is 0.602. The first kappa shape index (κ1) is 11.4. The van der Waals surface area contributed by atoms with Gasteiger partial charge in [0.2, 0.25) is 0 Å². The van der Waals surface area contributed by atoms with Gasteiger partial charge in [0, 0.05) is 6.20 Å². The molecule has 90 valence electrons. The average molecular weight is 277 g/mol. The highest BCUT2D eigenvalue weighted by Gasteiger charge is 2.06. The van der Waals surface area contributed by atoms with Gasteiger partial charge in [-0.15, -0.1) is 0 Å². The summed E-state index contributed by atoms with van der Waals surface area (Å²) in [5, 5.41) is 12.6. The standard InChI is InChI=1S/C12H9ClN4S/c13-9-4-1-5-10-11(9)18-12(16-10)14-7-8-3-2-6-15-17-8/h1-6H,7H2,(H,14,16). The first-order valence-corrected chi connectivity index (χ1v) is 6.58. The minimum atomic E-state index is 0.602. The molecule has 0 radical (unpaired) electrons. The fourth-order valence-corrected chi connectivity index (χ4v) is 2.74. The van der Waals surface area contributed by atoms with Gasteiger partial charge in [-0.05, 0) is 24.3 Å². The van der Waals surface area contributed by atoms with Gasteiger partial charge in [0.05, 0.1) is 27.5 Å². The molecule has 0 saturated heterocycles. The van der Waals surface area contributed by atoms with Crippen LogP contribution in [0.5, 0.6) is 0 Å². The summed E-state index contributed by atoms with van der Waals surface area (Å²) >= 11 is 7.65. The van der Waals surface area contributed by atoms with Crippen molar-refractivity contribution in [1.82, 2.24) is 15.2 Å². The molecular formula is C12H9ClN4S. The highest BCUT2D eigenvalue weighted by Crippen LogP contribution is 2.31. The molecule has 3 rings (SSSR count). The van der Waals surface area contributed by atoms with E-state index in [1.807, 2.05) is 30.3 Å². The number of thiazole rings is 1. The number of anilines is 1. The maximum atomic E-state index is 6.11. The number of nitrogens with one attached hydrogen (secondary N) is 1. The Hall–Kier alpha value is -1.72. The van der Waals surface area contributed by atoms with E-state index in [0.29, 0.717) is 6.54 Å². The monoisotopic (exact) mass is 276 g/mol. The summed E-state index contributed by atoms with van der Waals surface area (Å²) in [6.45, 7) is 0.602. The van der Waals surface area contributed by atoms with Crippen molar-refractivity contribution in [3.05, 3.63) is 47.2 Å². The van der Waals surface area contributed by atoms with Gasteiger partial charge in [0.1, 0.15) is 0 Å². The first-order chi connectivity index (χ1) is 8.83. The molecule has 3 aromatic rings. The molecule has 0 saturated carbocycles. The lowest BCUT2D eigenvalue weighted by Gasteiger charge is -1.99. The molecule has 1 N–H and O–H groups in total. The smallest absolute Gasteiger partial charge is 0.184 e. The molecule has 0 amide bonds. The number of nitrogens with zero attached hydrogens (tertiary/aromatic N) is 3. The van der Waals surface area contributed by atoms with Crippen LogP contribution in [0.4, 0.5) is 5.13 Å². The number of rotatable bonds is 3. The molecule has 0 aliphatic carbocycles. The highest BCUT2D eigenvalue weighted by atomic mass is 35.5. The van der Waals surface area contributed by atoms with E-state index in [1.165, 1.54) is 0 Å². The Bertz CT molecular complexity index is 668. The largest absolute Gasteiger partial charge is 0.356 e. The molecule has 0 atom stereocenters. The van der Waals surface area contributed by atoms with Crippen molar-refractivity contribution in [2.24, 2.45) is 0 Å². The van der Waals surface area contributed by atoms with Crippen LogP contribution in [0.15, 0.2) is 36.5 Å². The predicted molar refractivity (Wildman–Crippen MR) is 74.0 cm³/mol. The Balaban J connectivity index is 1.81. The lowest BCUT2D eigenvalue weighted by atomic mass is 10.3. The summed E-state index contributed by atoms with van der Waals surface area (Å²) in [6, 6.07) is 9.50. The Morgan fingerprint density at radius 3 is 2.94 bits per heavy atom. The predicted octanol–water partition coefficient (Wildman–Crippen LogP) is 3.35. The van der Waals surface area contributed by atoms with E-state index in [1.54, 1.807) is 17.5 Å². The molecule has 2 aromatic heterocycles. The minimum Gasteiger partial charge on any atom is -0.356 e. The summed E-state index contributed by atoms with van der Waals surface area (Å²) < 4.78 is 1.00. The molecule has 0 fully saturated rings. The molecule has 6 heteroatoms. The van der Waals surface area contributed by atoms with E-state index in [4.69, 9.17) is 11.6 Å². The van der Waals surface area contributed by atoms with Gasteiger partial charge < -0.3 is 5.32 Å². The Morgan fingerprint density at radius 2 is 2.17 bits per heavy atom. The van der Waals surface area contributed by atoms with Gasteiger partial charge in [-0.25, -0.2) is 4.98 Å². The van der Waals surface area contributed by atoms with Crippen LogP contribution in [0, 0.1) is 0 Å². The van der Waals surface area contributed by atoms with Crippen LogP contribution in [0.3, 0.4) is 0 Å². The summed E-state index contributed by atoms with van der Waals surface area (Å²) in [5.41, 5.74) is 1.79. The number of benzene rings is 1. The zero-order valence-electron chi connectivity index (χ0n) is 9.30. The molecule has 0 unspecified atom stereocenters. The zero-order chi connectivity index (χ0) is 12.4. The second-order valence-electron chi connectivity index (χ2n) is 3.68. The summed E-state index contributed by atoms with van der Waals surface area (Å²) in [5.74, 6) is 0. The van der Waals surface area contributed by atoms with Crippen molar-refractivity contribution in [3.63, 3.8) is 0 Å². The van der Waals surface area contributed by atoms with Crippen molar-refractivity contribution in [2.75, 3.05) is 5.32 Å². The van der Waals surface area contributed by atoms with Gasteiger partial charge in [0.25, 0.3) is 0 Å². The third kappa shape index (κ3) is 2.27. The Kier molecular flexibility index (Phi) is 3.08. The molecule has 0 aliphatic heterocycles. The second-order valence-corrected chi connectivity index (χ2v) is 5.08. The second kappa shape index (κ2) is 4.88. The van der Waals surface area contributed by atoms with E-state index in [9.17, 15) is 0 Å². The van der Waals surface area contributed by atoms with E-state index < -0.39 is 0 Å². The van der Waals surface area contributed by atoms with Gasteiger partial charge in [-0.1, -0.05) is 29.0 Å². The number of halogens is 1. The van der Waals surface area contributed by atoms with E-state index in [-0.39, 0.29) is 0 Å². The van der Waals surface area contributed by atoms with E-state index >= 15 is 0 Å². The van der Waals surface area contributed by atoms with Gasteiger partial charge in [-0.2, -0.15) is 10.2 Å². The van der Waals surface area contributed by atoms with Crippen LogP contribution in [0.2, 0.25) is 5.02 Å². The number of hydrogen-bond acceptors (Lipinski definition) is 5. The number of aromatic nitrogens is 3. The maximum absolute atomic E-state index is 6.11. The van der Waals surface area contributed by atoms with Gasteiger partial charge in [-0.3, -0.25) is 0 Å². The summed E-state index contributed by atoms with van der Waals surface area (Å²) in [6.07, 6.45) is 1.65. The van der Waals surface area contributed by atoms with Crippen LogP contribution in [-0.4, -0.2) is 15.2 Å². The van der Waals surface area contributed by atoms with E-state index in [0.717, 1.165) is 26.1 Å². The fourth-order valence-electron chi connectivity index (χ4n) is 1.58. The molecule has 0 spiro atoms. The Morgan fingerprint density at radius 1 is 1.22 bits per heavy atom. The summed E-state index contributed by atoms with van der Waals surface area (Å²) in [4.78, 5) is 4.46. The highest BCUT2D eigenvalue weighted by molar-refractivity contribution is 7.22. The topological polar surface area (TPSA) is 50.7 Å². The first-order valence-electron chi connectivity index (χ1n) is 5.38. The zero-order valence-corrected chi connectivity index (χ0v) is 10.9. The van der Waals surface area contributed by atoms with E-state index in [2.05, 4.69) is 20.5 Å². The molecule has 4 nitrogen and oxygen atoms in total. The lowest BCUT2D eigenvalue weighted by Crippen LogP contribution is -2.01. The van der Waals surface area contributed by atoms with Crippen molar-refractivity contribution < 1.29 is 0 Å². The molecule has 18 heavy (non-hydrogen) atoms. The van der Waals surface area contributed by atoms with Gasteiger partial charge in [0.15, 0.2) is 5.13 Å². The SMILES string of the molecule is Clc1cccc2nc(NCc3cccnn3)sc12. The molecular weight excluding hydrogens is 268 g/mol. The van der Waals surface area contributed by atoms with Crippen molar-refractivity contribution in [1.29, 1.82) is 0 Å². The maximum Gasteiger partial charge on any atom is 0.184 e. The lowest BCUT2D eigenvalue weighted by molar-refractivity contribution is 0.924. The molecule has 0 aliphatic rings. The van der Waals surface area contributed by atoms with Crippen LogP contribution < -0.4 is 5.32 Å². The number of fused-ring (bicyclic) bond motifs is 1. The van der Waals surface area contributed by atoms with Crippen LogP contribution >= 0.6 is 22.9 Å². The van der Waals surface area contributed by atoms with Crippen LogP contribution in [0.25, 0.3) is 10.2 Å². The molecule has 2 heterocycles. The molecule has 1 aromatic carbocycles. The van der Waals surface area contributed by atoms with Crippen LogP contribution in [0.1, 0.15) is 5.69 Å². The van der Waals surface area contributed by atoms with Gasteiger partial charge >= 0.3 is 0 Å². The van der Waals surface area contributed by atoms with Crippen LogP contribution in [-0.2, 0) is 6.54 Å². The average Bonchev–Trinajstić information content (AvgIpc) is 2.82. The fraction of sp³-hybridized carbons (Fsp3) is 0.0833. The quantitative estimate of drug-likeness (QED) is 0.797. The van der Waals surface area contributed by atoms with Crippen molar-refractivity contribution >= 4 is 38.3 Å². The third-order valence-electron chi connectivity index (χ3n) is 2.42. The third-order valence-corrected chi connectivity index (χ3v) is 3.90. The Labute approximate surface area is 113 Å².